The molecule has 0 radical (unpaired) electrons. The Morgan fingerprint density at radius 3 is 1.36 bits per heavy atom. The summed E-state index contributed by atoms with van der Waals surface area (Å²) < 4.78 is 0. The summed E-state index contributed by atoms with van der Waals surface area (Å²) in [6.45, 7) is 12.0. The monoisotopic (exact) mass is 508 g/mol. The third kappa shape index (κ3) is 5.12. The average molecular weight is 509 g/mol. The van der Waals surface area contributed by atoms with Crippen molar-refractivity contribution in [1.82, 2.24) is 0 Å². The second-order valence-electron chi connectivity index (χ2n) is 8.91. The third-order valence-corrected chi connectivity index (χ3v) is 7.08. The summed E-state index contributed by atoms with van der Waals surface area (Å²) in [5, 5.41) is 5.23. The van der Waals surface area contributed by atoms with Gasteiger partial charge in [0.25, 0.3) is 0 Å². The van der Waals surface area contributed by atoms with Gasteiger partial charge in [-0.25, -0.2) is 0 Å². The molecule has 196 valence electrons. The number of benzene rings is 6. The minimum Gasteiger partial charge on any atom is -0.0683 e. The standard InChI is InChI=1S/C33H22.3C2H6/c1-2-10-22(11-3-1)32-28-14-6-8-16-30(28)33(31-17-9-7-15-29(31)32)24-18-19-27-25(21-24)20-23-12-4-5-13-26(23)27;3*1-2/h1-19,21H,20H2;3*1-2H3. The van der Waals surface area contributed by atoms with E-state index in [9.17, 15) is 0 Å². The lowest BCUT2D eigenvalue weighted by molar-refractivity contribution is 1.26. The van der Waals surface area contributed by atoms with Crippen LogP contribution in [0.5, 0.6) is 0 Å². The maximum atomic E-state index is 2.42. The minimum atomic E-state index is 1.01. The molecule has 6 aromatic rings. The van der Waals surface area contributed by atoms with Crippen LogP contribution in [-0.2, 0) is 6.42 Å². The lowest BCUT2D eigenvalue weighted by atomic mass is 9.85. The highest BCUT2D eigenvalue weighted by Gasteiger charge is 2.20. The molecule has 0 aliphatic heterocycles. The highest BCUT2D eigenvalue weighted by Crippen LogP contribution is 2.45. The molecular formula is C39H40. The Morgan fingerprint density at radius 1 is 0.359 bits per heavy atom. The van der Waals surface area contributed by atoms with Crippen molar-refractivity contribution in [2.24, 2.45) is 0 Å². The number of hydrogen-bond acceptors (Lipinski definition) is 0. The molecule has 1 aliphatic carbocycles. The first-order valence-electron chi connectivity index (χ1n) is 14.6. The average Bonchev–Trinajstić information content (AvgIpc) is 3.41. The Kier molecular flexibility index (Phi) is 9.34. The van der Waals surface area contributed by atoms with Crippen molar-refractivity contribution in [2.75, 3.05) is 0 Å². The fourth-order valence-electron chi connectivity index (χ4n) is 5.66. The van der Waals surface area contributed by atoms with Gasteiger partial charge in [0.1, 0.15) is 0 Å². The van der Waals surface area contributed by atoms with Crippen molar-refractivity contribution in [1.29, 1.82) is 0 Å². The molecule has 0 fully saturated rings. The van der Waals surface area contributed by atoms with Crippen LogP contribution in [0.3, 0.4) is 0 Å². The molecule has 0 heteroatoms. The van der Waals surface area contributed by atoms with Crippen molar-refractivity contribution in [3.63, 3.8) is 0 Å². The number of rotatable bonds is 2. The van der Waals surface area contributed by atoms with Gasteiger partial charge in [-0.1, -0.05) is 163 Å². The molecule has 0 aromatic heterocycles. The summed E-state index contributed by atoms with van der Waals surface area (Å²) in [7, 11) is 0. The molecule has 7 rings (SSSR count). The van der Waals surface area contributed by atoms with Crippen LogP contribution < -0.4 is 0 Å². The Balaban J connectivity index is 0.000000553. The van der Waals surface area contributed by atoms with Crippen molar-refractivity contribution in [3.05, 3.63) is 132 Å². The molecule has 0 atom stereocenters. The fraction of sp³-hybridized carbons (Fsp3) is 0.179. The largest absolute Gasteiger partial charge is 0.0683 e. The quantitative estimate of drug-likeness (QED) is 0.204. The van der Waals surface area contributed by atoms with E-state index in [0.29, 0.717) is 0 Å². The van der Waals surface area contributed by atoms with Gasteiger partial charge in [0, 0.05) is 0 Å². The van der Waals surface area contributed by atoms with E-state index in [4.69, 9.17) is 0 Å². The predicted octanol–water partition coefficient (Wildman–Crippen LogP) is 12.0. The normalized spacial score (nSPS) is 10.7. The molecule has 0 amide bonds. The van der Waals surface area contributed by atoms with E-state index in [0.717, 1.165) is 6.42 Å². The van der Waals surface area contributed by atoms with Gasteiger partial charge < -0.3 is 0 Å². The van der Waals surface area contributed by atoms with Gasteiger partial charge in [-0.3, -0.25) is 0 Å². The van der Waals surface area contributed by atoms with Crippen LogP contribution in [0, 0.1) is 0 Å². The van der Waals surface area contributed by atoms with Gasteiger partial charge in [0.05, 0.1) is 0 Å². The fourth-order valence-corrected chi connectivity index (χ4v) is 5.66. The van der Waals surface area contributed by atoms with Crippen LogP contribution in [0.1, 0.15) is 52.7 Å². The van der Waals surface area contributed by atoms with Crippen molar-refractivity contribution < 1.29 is 0 Å². The van der Waals surface area contributed by atoms with Gasteiger partial charge in [-0.2, -0.15) is 0 Å². The molecule has 0 bridgehead atoms. The molecule has 0 spiro atoms. The molecule has 0 unspecified atom stereocenters. The van der Waals surface area contributed by atoms with Crippen LogP contribution in [0.15, 0.2) is 121 Å². The predicted molar refractivity (Wildman–Crippen MR) is 175 cm³/mol. The summed E-state index contributed by atoms with van der Waals surface area (Å²) in [5.74, 6) is 0. The summed E-state index contributed by atoms with van der Waals surface area (Å²) in [4.78, 5) is 0. The SMILES string of the molecule is CC.CC.CC.c1ccc(-c2c3ccccc3c(-c3ccc4c(c3)Cc3ccccc3-4)c3ccccc23)cc1. The van der Waals surface area contributed by atoms with E-state index in [1.165, 1.54) is 66.1 Å². The van der Waals surface area contributed by atoms with Crippen molar-refractivity contribution >= 4 is 21.5 Å². The van der Waals surface area contributed by atoms with Gasteiger partial charge in [0.2, 0.25) is 0 Å². The van der Waals surface area contributed by atoms with Crippen molar-refractivity contribution in [2.45, 2.75) is 48.0 Å². The van der Waals surface area contributed by atoms with Gasteiger partial charge >= 0.3 is 0 Å². The van der Waals surface area contributed by atoms with Crippen LogP contribution in [0.2, 0.25) is 0 Å². The van der Waals surface area contributed by atoms with Crippen LogP contribution in [0.25, 0.3) is 54.9 Å². The Labute approximate surface area is 235 Å². The number of fused-ring (bicyclic) bond motifs is 5. The summed E-state index contributed by atoms with van der Waals surface area (Å²) >= 11 is 0. The molecule has 39 heavy (non-hydrogen) atoms. The molecule has 0 N–H and O–H groups in total. The van der Waals surface area contributed by atoms with E-state index >= 15 is 0 Å². The highest BCUT2D eigenvalue weighted by molar-refractivity contribution is 6.21. The summed E-state index contributed by atoms with van der Waals surface area (Å²) in [6.07, 6.45) is 1.01. The smallest absolute Gasteiger partial charge is 0.00132 e. The zero-order valence-corrected chi connectivity index (χ0v) is 24.3. The molecule has 0 saturated carbocycles. The lowest BCUT2D eigenvalue weighted by Crippen LogP contribution is -1.91. The second-order valence-corrected chi connectivity index (χ2v) is 8.91. The van der Waals surface area contributed by atoms with Crippen LogP contribution in [0.4, 0.5) is 0 Å². The zero-order valence-electron chi connectivity index (χ0n) is 24.3. The highest BCUT2D eigenvalue weighted by atomic mass is 14.2. The maximum Gasteiger partial charge on any atom is -0.00132 e. The van der Waals surface area contributed by atoms with Crippen LogP contribution >= 0.6 is 0 Å². The Hall–Kier alpha value is -4.16. The first-order valence-corrected chi connectivity index (χ1v) is 14.6. The van der Waals surface area contributed by atoms with Gasteiger partial charge in [-0.15, -0.1) is 0 Å². The topological polar surface area (TPSA) is 0 Å². The summed E-state index contributed by atoms with van der Waals surface area (Å²) in [5.41, 5.74) is 10.8. The first-order chi connectivity index (χ1) is 19.4. The molecule has 6 aromatic carbocycles. The molecular weight excluding hydrogens is 468 g/mol. The van der Waals surface area contributed by atoms with E-state index in [2.05, 4.69) is 121 Å². The van der Waals surface area contributed by atoms with Crippen molar-refractivity contribution in [3.8, 4) is 33.4 Å². The second kappa shape index (κ2) is 13.1. The van der Waals surface area contributed by atoms with Gasteiger partial charge in [0.15, 0.2) is 0 Å². The van der Waals surface area contributed by atoms with E-state index in [-0.39, 0.29) is 0 Å². The van der Waals surface area contributed by atoms with Gasteiger partial charge in [-0.05, 0) is 72.5 Å². The van der Waals surface area contributed by atoms with Crippen LogP contribution in [-0.4, -0.2) is 0 Å². The maximum absolute atomic E-state index is 2.42. The first kappa shape index (κ1) is 27.9. The number of hydrogen-bond donors (Lipinski definition) is 0. The molecule has 0 saturated heterocycles. The zero-order chi connectivity index (χ0) is 27.8. The Morgan fingerprint density at radius 2 is 0.795 bits per heavy atom. The molecule has 0 nitrogen and oxygen atoms in total. The van der Waals surface area contributed by atoms with E-state index in [1.807, 2.05) is 41.5 Å². The third-order valence-electron chi connectivity index (χ3n) is 7.08. The summed E-state index contributed by atoms with van der Waals surface area (Å²) in [6, 6.07) is 44.4. The lowest BCUT2D eigenvalue weighted by Gasteiger charge is -2.18. The molecule has 1 aliphatic rings. The minimum absolute atomic E-state index is 1.01. The Bertz CT molecular complexity index is 1620. The molecule has 0 heterocycles. The van der Waals surface area contributed by atoms with E-state index < -0.39 is 0 Å². The van der Waals surface area contributed by atoms with E-state index in [1.54, 1.807) is 0 Å².